The van der Waals surface area contributed by atoms with Crippen LogP contribution in [0.1, 0.15) is 17.5 Å². The molecule has 0 aromatic heterocycles. The quantitative estimate of drug-likeness (QED) is 0.666. The van der Waals surface area contributed by atoms with E-state index in [0.29, 0.717) is 12.0 Å². The maximum atomic E-state index is 13.4. The van der Waals surface area contributed by atoms with Gasteiger partial charge >= 0.3 is 0 Å². The van der Waals surface area contributed by atoms with Gasteiger partial charge in [0.25, 0.3) is 10.2 Å². The lowest BCUT2D eigenvalue weighted by atomic mass is 10.1. The number of benzene rings is 1. The van der Waals surface area contributed by atoms with Crippen molar-refractivity contribution in [3.63, 3.8) is 0 Å². The molecule has 0 saturated heterocycles. The van der Waals surface area contributed by atoms with Gasteiger partial charge < -0.3 is 5.11 Å². The fourth-order valence-electron chi connectivity index (χ4n) is 1.19. The van der Waals surface area contributed by atoms with E-state index in [1.807, 2.05) is 4.72 Å². The summed E-state index contributed by atoms with van der Waals surface area (Å²) in [5.41, 5.74) is 0.691. The molecule has 4 N–H and O–H groups in total. The lowest BCUT2D eigenvalue weighted by Crippen LogP contribution is -2.30. The number of halogens is 1. The normalized spacial score (nSPS) is 10.8. The van der Waals surface area contributed by atoms with Crippen LogP contribution in [0.4, 0.5) is 4.39 Å². The Bertz CT molecular complexity index is 576. The van der Waals surface area contributed by atoms with Gasteiger partial charge in [-0.3, -0.25) is 0 Å². The van der Waals surface area contributed by atoms with Gasteiger partial charge in [-0.1, -0.05) is 11.8 Å². The number of aliphatic hydroxyl groups excluding tert-OH is 1. The molecule has 5 nitrogen and oxygen atoms in total. The maximum absolute atomic E-state index is 13.4. The van der Waals surface area contributed by atoms with E-state index in [2.05, 4.69) is 11.8 Å². The number of nitrogens with one attached hydrogen (secondary N) is 1. The fourth-order valence-corrected chi connectivity index (χ4v) is 1.54. The van der Waals surface area contributed by atoms with Crippen LogP contribution in [-0.4, -0.2) is 20.1 Å². The van der Waals surface area contributed by atoms with Crippen LogP contribution in [0.3, 0.4) is 0 Å². The number of nitrogens with two attached hydrogens (primary N) is 1. The first kappa shape index (κ1) is 14.6. The summed E-state index contributed by atoms with van der Waals surface area (Å²) in [6.45, 7) is -0.284. The number of hydrogen-bond donors (Lipinski definition) is 3. The van der Waals surface area contributed by atoms with Gasteiger partial charge in [-0.2, -0.15) is 13.1 Å². The third kappa shape index (κ3) is 5.25. The van der Waals surface area contributed by atoms with E-state index < -0.39 is 16.0 Å². The Hall–Kier alpha value is -1.46. The van der Waals surface area contributed by atoms with E-state index in [9.17, 15) is 12.8 Å². The van der Waals surface area contributed by atoms with Gasteiger partial charge in [0, 0.05) is 24.1 Å². The molecule has 0 aliphatic carbocycles. The average molecular weight is 272 g/mol. The molecule has 0 amide bonds. The molecule has 1 aromatic carbocycles. The minimum Gasteiger partial charge on any atom is -0.395 e. The highest BCUT2D eigenvalue weighted by Gasteiger charge is 2.06. The van der Waals surface area contributed by atoms with E-state index in [1.54, 1.807) is 0 Å². The molecule has 0 atom stereocenters. The molecule has 0 radical (unpaired) electrons. The van der Waals surface area contributed by atoms with E-state index in [0.717, 1.165) is 0 Å². The molecule has 0 aliphatic heterocycles. The lowest BCUT2D eigenvalue weighted by Gasteiger charge is -2.04. The summed E-state index contributed by atoms with van der Waals surface area (Å²) >= 11 is 0. The summed E-state index contributed by atoms with van der Waals surface area (Å²) in [5, 5.41) is 13.3. The Balaban J connectivity index is 2.85. The van der Waals surface area contributed by atoms with Crippen LogP contribution in [0.25, 0.3) is 0 Å². The van der Waals surface area contributed by atoms with Crippen LogP contribution < -0.4 is 9.86 Å². The van der Waals surface area contributed by atoms with Crippen molar-refractivity contribution in [3.05, 3.63) is 35.1 Å². The van der Waals surface area contributed by atoms with Crippen LogP contribution in [0.2, 0.25) is 0 Å². The van der Waals surface area contributed by atoms with Gasteiger partial charge in [0.15, 0.2) is 0 Å². The van der Waals surface area contributed by atoms with Gasteiger partial charge in [0.2, 0.25) is 0 Å². The van der Waals surface area contributed by atoms with Crippen LogP contribution in [0, 0.1) is 17.7 Å². The molecular weight excluding hydrogens is 259 g/mol. The number of hydrogen-bond acceptors (Lipinski definition) is 3. The zero-order valence-corrected chi connectivity index (χ0v) is 10.3. The van der Waals surface area contributed by atoms with Crippen LogP contribution in [-0.2, 0) is 16.8 Å². The fraction of sp³-hybridized carbons (Fsp3) is 0.273. The van der Waals surface area contributed by atoms with Crippen molar-refractivity contribution in [2.24, 2.45) is 5.14 Å². The molecule has 7 heteroatoms. The minimum atomic E-state index is -3.86. The number of aliphatic hydroxyl groups is 1. The lowest BCUT2D eigenvalue weighted by molar-refractivity contribution is 0.305. The third-order valence-corrected chi connectivity index (χ3v) is 2.53. The summed E-state index contributed by atoms with van der Waals surface area (Å²) in [5.74, 6) is 4.87. The van der Waals surface area contributed by atoms with Crippen molar-refractivity contribution in [1.82, 2.24) is 4.72 Å². The van der Waals surface area contributed by atoms with Gasteiger partial charge in [-0.15, -0.1) is 0 Å². The summed E-state index contributed by atoms with van der Waals surface area (Å²) < 4.78 is 36.8. The summed E-state index contributed by atoms with van der Waals surface area (Å²) in [7, 11) is -3.86. The van der Waals surface area contributed by atoms with Crippen molar-refractivity contribution in [3.8, 4) is 11.8 Å². The van der Waals surface area contributed by atoms with Crippen LogP contribution in [0.15, 0.2) is 18.2 Å². The highest BCUT2D eigenvalue weighted by Crippen LogP contribution is 2.10. The molecule has 1 aromatic rings. The topological polar surface area (TPSA) is 92.4 Å². The van der Waals surface area contributed by atoms with Gasteiger partial charge in [0.1, 0.15) is 5.82 Å². The molecular formula is C11H13FN2O3S. The monoisotopic (exact) mass is 272 g/mol. The summed E-state index contributed by atoms with van der Waals surface area (Å²) in [4.78, 5) is 0. The van der Waals surface area contributed by atoms with E-state index in [1.165, 1.54) is 18.2 Å². The molecule has 0 aliphatic rings. The van der Waals surface area contributed by atoms with Crippen molar-refractivity contribution in [2.75, 3.05) is 6.61 Å². The second-order valence-electron chi connectivity index (χ2n) is 3.45. The first-order valence-corrected chi connectivity index (χ1v) is 6.62. The molecule has 0 fully saturated rings. The summed E-state index contributed by atoms with van der Waals surface area (Å²) in [6, 6.07) is 4.10. The largest absolute Gasteiger partial charge is 0.395 e. The Morgan fingerprint density at radius 1 is 1.44 bits per heavy atom. The SMILES string of the molecule is NS(=O)(=O)NCc1cc(C#CCCO)ccc1F. The van der Waals surface area contributed by atoms with Crippen molar-refractivity contribution in [1.29, 1.82) is 0 Å². The van der Waals surface area contributed by atoms with Gasteiger partial charge in [-0.25, -0.2) is 9.53 Å². The molecule has 0 saturated carbocycles. The van der Waals surface area contributed by atoms with Crippen molar-refractivity contribution in [2.45, 2.75) is 13.0 Å². The smallest absolute Gasteiger partial charge is 0.274 e. The van der Waals surface area contributed by atoms with Crippen LogP contribution in [0.5, 0.6) is 0 Å². The zero-order valence-electron chi connectivity index (χ0n) is 9.48. The highest BCUT2D eigenvalue weighted by atomic mass is 32.2. The maximum Gasteiger partial charge on any atom is 0.274 e. The highest BCUT2D eigenvalue weighted by molar-refractivity contribution is 7.87. The molecule has 18 heavy (non-hydrogen) atoms. The second-order valence-corrected chi connectivity index (χ2v) is 4.83. The first-order valence-electron chi connectivity index (χ1n) is 5.08. The van der Waals surface area contributed by atoms with Gasteiger partial charge in [0.05, 0.1) is 6.61 Å². The average Bonchev–Trinajstić information content (AvgIpc) is 2.29. The predicted molar refractivity (Wildman–Crippen MR) is 64.9 cm³/mol. The Labute approximate surface area is 105 Å². The molecule has 1 rings (SSSR count). The molecule has 0 unspecified atom stereocenters. The molecule has 0 bridgehead atoms. The van der Waals surface area contributed by atoms with Crippen molar-refractivity contribution >= 4 is 10.2 Å². The van der Waals surface area contributed by atoms with Crippen molar-refractivity contribution < 1.29 is 17.9 Å². The second kappa shape index (κ2) is 6.47. The van der Waals surface area contributed by atoms with Gasteiger partial charge in [-0.05, 0) is 18.2 Å². The number of rotatable bonds is 4. The standard InChI is InChI=1S/C11H13FN2O3S/c12-11-5-4-9(3-1-2-6-15)7-10(11)8-14-18(13,16)17/h4-5,7,14-15H,2,6,8H2,(H2,13,16,17). The Morgan fingerprint density at radius 3 is 2.78 bits per heavy atom. The predicted octanol–water partition coefficient (Wildman–Crippen LogP) is -0.147. The third-order valence-electron chi connectivity index (χ3n) is 1.98. The zero-order chi connectivity index (χ0) is 13.6. The van der Waals surface area contributed by atoms with E-state index >= 15 is 0 Å². The van der Waals surface area contributed by atoms with E-state index in [-0.39, 0.29) is 18.7 Å². The molecule has 98 valence electrons. The Morgan fingerprint density at radius 2 is 2.17 bits per heavy atom. The van der Waals surface area contributed by atoms with E-state index in [4.69, 9.17) is 10.2 Å². The molecule has 0 spiro atoms. The first-order chi connectivity index (χ1) is 8.42. The van der Waals surface area contributed by atoms with Crippen LogP contribution >= 0.6 is 0 Å². The Kier molecular flexibility index (Phi) is 5.25. The molecule has 0 heterocycles. The summed E-state index contributed by atoms with van der Waals surface area (Å²) in [6.07, 6.45) is 0.322. The minimum absolute atomic E-state index is 0.0476.